The molecule has 3 N–H and O–H groups in total. The summed E-state index contributed by atoms with van der Waals surface area (Å²) in [5.74, 6) is -0.0580. The Balaban J connectivity index is 1.76. The third kappa shape index (κ3) is 8.77. The van der Waals surface area contributed by atoms with Crippen LogP contribution in [-0.4, -0.2) is 36.7 Å². The first kappa shape index (κ1) is 23.7. The van der Waals surface area contributed by atoms with Crippen LogP contribution in [0.1, 0.15) is 31.9 Å². The van der Waals surface area contributed by atoms with Gasteiger partial charge in [-0.25, -0.2) is 4.79 Å². The SMILES string of the molecule is Cc1ccc(OCC(=O)Nc2ccc(NC(=O)CNC(=O)OC(C)(C)C)cc2)cc1C. The van der Waals surface area contributed by atoms with Crippen LogP contribution in [-0.2, 0) is 14.3 Å². The molecule has 0 saturated carbocycles. The minimum Gasteiger partial charge on any atom is -0.484 e. The molecule has 0 aromatic heterocycles. The van der Waals surface area contributed by atoms with Crippen LogP contribution < -0.4 is 20.7 Å². The summed E-state index contributed by atoms with van der Waals surface area (Å²) in [6.45, 7) is 8.87. The van der Waals surface area contributed by atoms with E-state index < -0.39 is 17.6 Å². The Morgan fingerprint density at radius 1 is 0.839 bits per heavy atom. The molecule has 166 valence electrons. The van der Waals surface area contributed by atoms with Gasteiger partial charge in [-0.05, 0) is 82.1 Å². The number of hydrogen-bond donors (Lipinski definition) is 3. The van der Waals surface area contributed by atoms with E-state index in [1.165, 1.54) is 0 Å². The van der Waals surface area contributed by atoms with E-state index in [9.17, 15) is 14.4 Å². The second-order valence-corrected chi connectivity index (χ2v) is 8.06. The van der Waals surface area contributed by atoms with Gasteiger partial charge in [0.2, 0.25) is 5.91 Å². The van der Waals surface area contributed by atoms with Gasteiger partial charge in [-0.2, -0.15) is 0 Å². The molecule has 0 saturated heterocycles. The lowest BCUT2D eigenvalue weighted by Crippen LogP contribution is -2.37. The van der Waals surface area contributed by atoms with Crippen molar-refractivity contribution in [1.29, 1.82) is 0 Å². The Hall–Kier alpha value is -3.55. The first-order valence-electron chi connectivity index (χ1n) is 9.88. The zero-order valence-electron chi connectivity index (χ0n) is 18.5. The maximum absolute atomic E-state index is 12.1. The summed E-state index contributed by atoms with van der Waals surface area (Å²) in [5, 5.41) is 7.77. The minimum atomic E-state index is -0.663. The number of nitrogens with one attached hydrogen (secondary N) is 3. The summed E-state index contributed by atoms with van der Waals surface area (Å²) in [6.07, 6.45) is -0.663. The van der Waals surface area contributed by atoms with Gasteiger partial charge in [0.05, 0.1) is 0 Å². The third-order valence-corrected chi connectivity index (χ3v) is 4.09. The molecule has 0 fully saturated rings. The fourth-order valence-corrected chi connectivity index (χ4v) is 2.46. The van der Waals surface area contributed by atoms with E-state index in [1.807, 2.05) is 32.0 Å². The van der Waals surface area contributed by atoms with E-state index in [4.69, 9.17) is 9.47 Å². The van der Waals surface area contributed by atoms with Gasteiger partial charge in [0.1, 0.15) is 17.9 Å². The van der Waals surface area contributed by atoms with Crippen molar-refractivity contribution < 1.29 is 23.9 Å². The van der Waals surface area contributed by atoms with Crippen molar-refractivity contribution in [2.45, 2.75) is 40.2 Å². The molecular formula is C23H29N3O5. The number of ether oxygens (including phenoxy) is 2. The van der Waals surface area contributed by atoms with Crippen molar-refractivity contribution in [3.8, 4) is 5.75 Å². The van der Waals surface area contributed by atoms with Crippen molar-refractivity contribution in [3.05, 3.63) is 53.6 Å². The largest absolute Gasteiger partial charge is 0.484 e. The molecule has 2 rings (SSSR count). The fraction of sp³-hybridized carbons (Fsp3) is 0.348. The number of alkyl carbamates (subject to hydrolysis) is 1. The van der Waals surface area contributed by atoms with Gasteiger partial charge in [-0.15, -0.1) is 0 Å². The van der Waals surface area contributed by atoms with Crippen molar-refractivity contribution in [1.82, 2.24) is 5.32 Å². The van der Waals surface area contributed by atoms with E-state index in [2.05, 4.69) is 16.0 Å². The van der Waals surface area contributed by atoms with Crippen molar-refractivity contribution in [2.24, 2.45) is 0 Å². The second-order valence-electron chi connectivity index (χ2n) is 8.06. The Morgan fingerprint density at radius 3 is 1.97 bits per heavy atom. The Bertz CT molecular complexity index is 933. The van der Waals surface area contributed by atoms with Gasteiger partial charge in [0, 0.05) is 11.4 Å². The van der Waals surface area contributed by atoms with Crippen molar-refractivity contribution >= 4 is 29.3 Å². The van der Waals surface area contributed by atoms with Crippen molar-refractivity contribution in [3.63, 3.8) is 0 Å². The highest BCUT2D eigenvalue weighted by Gasteiger charge is 2.16. The molecular weight excluding hydrogens is 398 g/mol. The Labute approximate surface area is 182 Å². The molecule has 8 heteroatoms. The van der Waals surface area contributed by atoms with E-state index in [0.29, 0.717) is 17.1 Å². The summed E-state index contributed by atoms with van der Waals surface area (Å²) in [5.41, 5.74) is 2.71. The quantitative estimate of drug-likeness (QED) is 0.624. The molecule has 31 heavy (non-hydrogen) atoms. The minimum absolute atomic E-state index is 0.114. The molecule has 2 aromatic rings. The summed E-state index contributed by atoms with van der Waals surface area (Å²) in [7, 11) is 0. The highest BCUT2D eigenvalue weighted by molar-refractivity contribution is 5.95. The van der Waals surface area contributed by atoms with Crippen LogP contribution >= 0.6 is 0 Å². The van der Waals surface area contributed by atoms with E-state index >= 15 is 0 Å². The zero-order chi connectivity index (χ0) is 23.0. The molecule has 0 bridgehead atoms. The molecule has 0 aliphatic carbocycles. The van der Waals surface area contributed by atoms with Crippen LogP contribution in [0, 0.1) is 13.8 Å². The van der Waals surface area contributed by atoms with Crippen LogP contribution in [0.25, 0.3) is 0 Å². The lowest BCUT2D eigenvalue weighted by atomic mass is 10.1. The number of rotatable bonds is 7. The van der Waals surface area contributed by atoms with E-state index in [-0.39, 0.29) is 19.1 Å². The Kier molecular flexibility index (Phi) is 8.01. The molecule has 0 atom stereocenters. The number of anilines is 2. The maximum atomic E-state index is 12.1. The van der Waals surface area contributed by atoms with Crippen LogP contribution in [0.3, 0.4) is 0 Å². The van der Waals surface area contributed by atoms with Crippen LogP contribution in [0.5, 0.6) is 5.75 Å². The van der Waals surface area contributed by atoms with Gasteiger partial charge in [-0.1, -0.05) is 6.07 Å². The van der Waals surface area contributed by atoms with Gasteiger partial charge in [0.25, 0.3) is 5.91 Å². The topological polar surface area (TPSA) is 106 Å². The molecule has 8 nitrogen and oxygen atoms in total. The standard InChI is InChI=1S/C23H29N3O5/c1-15-6-11-19(12-16(15)2)30-14-21(28)26-18-9-7-17(8-10-18)25-20(27)13-24-22(29)31-23(3,4)5/h6-12H,13-14H2,1-5H3,(H,24,29)(H,25,27)(H,26,28). The number of benzene rings is 2. The van der Waals surface area contributed by atoms with Gasteiger partial charge in [-0.3, -0.25) is 9.59 Å². The molecule has 3 amide bonds. The number of carbonyl (C=O) groups excluding carboxylic acids is 3. The summed E-state index contributed by atoms with van der Waals surface area (Å²) in [6, 6.07) is 12.3. The van der Waals surface area contributed by atoms with Gasteiger partial charge >= 0.3 is 6.09 Å². The van der Waals surface area contributed by atoms with E-state index in [1.54, 1.807) is 45.0 Å². The van der Waals surface area contributed by atoms with Crippen LogP contribution in [0.2, 0.25) is 0 Å². The first-order valence-corrected chi connectivity index (χ1v) is 9.88. The Morgan fingerprint density at radius 2 is 1.42 bits per heavy atom. The highest BCUT2D eigenvalue weighted by atomic mass is 16.6. The molecule has 0 aliphatic heterocycles. The average Bonchev–Trinajstić information content (AvgIpc) is 2.67. The predicted octanol–water partition coefficient (Wildman–Crippen LogP) is 3.78. The number of carbonyl (C=O) groups is 3. The van der Waals surface area contributed by atoms with Crippen molar-refractivity contribution in [2.75, 3.05) is 23.8 Å². The lowest BCUT2D eigenvalue weighted by Gasteiger charge is -2.19. The first-order chi connectivity index (χ1) is 14.5. The highest BCUT2D eigenvalue weighted by Crippen LogP contribution is 2.17. The maximum Gasteiger partial charge on any atom is 0.408 e. The van der Waals surface area contributed by atoms with Gasteiger partial charge in [0.15, 0.2) is 6.61 Å². The third-order valence-electron chi connectivity index (χ3n) is 4.09. The normalized spacial score (nSPS) is 10.7. The smallest absolute Gasteiger partial charge is 0.408 e. The summed E-state index contributed by atoms with van der Waals surface area (Å²) >= 11 is 0. The predicted molar refractivity (Wildman–Crippen MR) is 119 cm³/mol. The number of aryl methyl sites for hydroxylation is 2. The molecule has 0 heterocycles. The fourth-order valence-electron chi connectivity index (χ4n) is 2.46. The molecule has 0 spiro atoms. The second kappa shape index (κ2) is 10.5. The van der Waals surface area contributed by atoms with Crippen LogP contribution in [0.15, 0.2) is 42.5 Å². The number of amides is 3. The zero-order valence-corrected chi connectivity index (χ0v) is 18.5. The van der Waals surface area contributed by atoms with E-state index in [0.717, 1.165) is 11.1 Å². The van der Waals surface area contributed by atoms with Crippen LogP contribution in [0.4, 0.5) is 16.2 Å². The summed E-state index contributed by atoms with van der Waals surface area (Å²) in [4.78, 5) is 35.6. The molecule has 0 aliphatic rings. The lowest BCUT2D eigenvalue weighted by molar-refractivity contribution is -0.118. The molecule has 2 aromatic carbocycles. The monoisotopic (exact) mass is 427 g/mol. The molecule has 0 radical (unpaired) electrons. The molecule has 0 unspecified atom stereocenters. The van der Waals surface area contributed by atoms with Gasteiger partial charge < -0.3 is 25.4 Å². The summed E-state index contributed by atoms with van der Waals surface area (Å²) < 4.78 is 10.6. The number of hydrogen-bond acceptors (Lipinski definition) is 5. The average molecular weight is 428 g/mol.